The number of carboxylic acids is 1. The first-order chi connectivity index (χ1) is 9.56. The van der Waals surface area contributed by atoms with E-state index in [-0.39, 0.29) is 6.42 Å². The predicted octanol–water partition coefficient (Wildman–Crippen LogP) is 1.55. The molecule has 0 saturated carbocycles. The quantitative estimate of drug-likeness (QED) is 0.855. The number of hydrogen-bond acceptors (Lipinski definition) is 4. The smallest absolute Gasteiger partial charge is 0.304 e. The number of nitrogens with zero attached hydrogens (tertiary/aromatic N) is 2. The Bertz CT molecular complexity index is 439. The fraction of sp³-hybridized carbons (Fsp3) is 0.533. The molecule has 1 unspecified atom stereocenters. The monoisotopic (exact) mass is 278 g/mol. The van der Waals surface area contributed by atoms with Crippen molar-refractivity contribution in [1.29, 1.82) is 0 Å². The van der Waals surface area contributed by atoms with E-state index in [9.17, 15) is 9.90 Å². The van der Waals surface area contributed by atoms with Gasteiger partial charge in [0.05, 0.1) is 6.42 Å². The van der Waals surface area contributed by atoms with Crippen molar-refractivity contribution in [3.8, 4) is 5.75 Å². The van der Waals surface area contributed by atoms with Crippen molar-refractivity contribution in [3.05, 3.63) is 29.8 Å². The Kier molecular flexibility index (Phi) is 4.98. The second-order valence-electron chi connectivity index (χ2n) is 5.29. The molecule has 20 heavy (non-hydrogen) atoms. The highest BCUT2D eigenvalue weighted by Crippen LogP contribution is 2.23. The molecule has 1 fully saturated rings. The maximum Gasteiger partial charge on any atom is 0.304 e. The second kappa shape index (κ2) is 6.72. The van der Waals surface area contributed by atoms with Crippen LogP contribution in [-0.2, 0) is 4.79 Å². The van der Waals surface area contributed by atoms with Crippen LogP contribution in [0.15, 0.2) is 24.3 Å². The van der Waals surface area contributed by atoms with Crippen LogP contribution in [0.4, 0.5) is 0 Å². The van der Waals surface area contributed by atoms with Gasteiger partial charge in [-0.1, -0.05) is 12.1 Å². The van der Waals surface area contributed by atoms with E-state index in [4.69, 9.17) is 5.11 Å². The van der Waals surface area contributed by atoms with Crippen molar-refractivity contribution in [2.75, 3.05) is 32.7 Å². The van der Waals surface area contributed by atoms with E-state index in [1.165, 1.54) is 5.56 Å². The molecule has 1 saturated heterocycles. The van der Waals surface area contributed by atoms with Gasteiger partial charge in [-0.2, -0.15) is 0 Å². The van der Waals surface area contributed by atoms with E-state index in [0.29, 0.717) is 18.3 Å². The van der Waals surface area contributed by atoms with Crippen LogP contribution < -0.4 is 0 Å². The molecule has 5 nitrogen and oxygen atoms in total. The van der Waals surface area contributed by atoms with Crippen molar-refractivity contribution in [3.63, 3.8) is 0 Å². The second-order valence-corrected chi connectivity index (χ2v) is 5.29. The molecule has 0 bridgehead atoms. The molecule has 0 aliphatic carbocycles. The first kappa shape index (κ1) is 14.8. The molecule has 0 aromatic heterocycles. The number of aromatic hydroxyl groups is 1. The highest BCUT2D eigenvalue weighted by molar-refractivity contribution is 5.66. The topological polar surface area (TPSA) is 64.0 Å². The van der Waals surface area contributed by atoms with Crippen LogP contribution >= 0.6 is 0 Å². The maximum absolute atomic E-state index is 10.6. The highest BCUT2D eigenvalue weighted by Gasteiger charge is 2.22. The number of benzene rings is 1. The van der Waals surface area contributed by atoms with Crippen LogP contribution in [0.1, 0.15) is 24.9 Å². The van der Waals surface area contributed by atoms with E-state index >= 15 is 0 Å². The summed E-state index contributed by atoms with van der Waals surface area (Å²) in [6.07, 6.45) is 0.216. The molecule has 1 aliphatic heterocycles. The van der Waals surface area contributed by atoms with E-state index in [1.54, 1.807) is 12.1 Å². The molecule has 1 atom stereocenters. The van der Waals surface area contributed by atoms with Crippen LogP contribution in [0.2, 0.25) is 0 Å². The van der Waals surface area contributed by atoms with Gasteiger partial charge in [0.25, 0.3) is 0 Å². The molecular formula is C15H22N2O3. The number of phenolic OH excluding ortho intramolecular Hbond substituents is 1. The average Bonchev–Trinajstić information content (AvgIpc) is 2.46. The summed E-state index contributed by atoms with van der Waals surface area (Å²) in [5, 5.41) is 18.0. The van der Waals surface area contributed by atoms with Gasteiger partial charge in [0, 0.05) is 38.8 Å². The molecule has 1 heterocycles. The Morgan fingerprint density at radius 1 is 1.20 bits per heavy atom. The zero-order valence-electron chi connectivity index (χ0n) is 11.8. The SMILES string of the molecule is CC(c1ccc(O)cc1)N1CCN(CCC(=O)O)CC1. The van der Waals surface area contributed by atoms with E-state index < -0.39 is 5.97 Å². The average molecular weight is 278 g/mol. The van der Waals surface area contributed by atoms with Crippen LogP contribution in [0.25, 0.3) is 0 Å². The van der Waals surface area contributed by atoms with Gasteiger partial charge in [0.1, 0.15) is 5.75 Å². The Hall–Kier alpha value is -1.59. The van der Waals surface area contributed by atoms with Gasteiger partial charge in [0.15, 0.2) is 0 Å². The minimum absolute atomic E-state index is 0.216. The maximum atomic E-state index is 10.6. The Balaban J connectivity index is 1.83. The minimum atomic E-state index is -0.732. The third-order valence-corrected chi connectivity index (χ3v) is 3.97. The molecule has 5 heteroatoms. The van der Waals surface area contributed by atoms with Crippen molar-refractivity contribution < 1.29 is 15.0 Å². The van der Waals surface area contributed by atoms with Crippen molar-refractivity contribution in [2.45, 2.75) is 19.4 Å². The summed E-state index contributed by atoms with van der Waals surface area (Å²) in [6, 6.07) is 7.66. The first-order valence-electron chi connectivity index (χ1n) is 7.03. The summed E-state index contributed by atoms with van der Waals surface area (Å²) >= 11 is 0. The summed E-state index contributed by atoms with van der Waals surface area (Å²) in [4.78, 5) is 15.2. The summed E-state index contributed by atoms with van der Waals surface area (Å²) in [7, 11) is 0. The van der Waals surface area contributed by atoms with Gasteiger partial charge >= 0.3 is 5.97 Å². The van der Waals surface area contributed by atoms with E-state index in [2.05, 4.69) is 16.7 Å². The Morgan fingerprint density at radius 2 is 1.80 bits per heavy atom. The van der Waals surface area contributed by atoms with Crippen molar-refractivity contribution >= 4 is 5.97 Å². The number of rotatable bonds is 5. The molecule has 1 aliphatic rings. The first-order valence-corrected chi connectivity index (χ1v) is 7.03. The zero-order valence-corrected chi connectivity index (χ0v) is 11.8. The molecule has 110 valence electrons. The van der Waals surface area contributed by atoms with Crippen molar-refractivity contribution in [1.82, 2.24) is 9.80 Å². The third kappa shape index (κ3) is 3.95. The number of carboxylic acid groups (broad SMARTS) is 1. The molecule has 2 rings (SSSR count). The molecular weight excluding hydrogens is 256 g/mol. The molecule has 0 radical (unpaired) electrons. The zero-order chi connectivity index (χ0) is 14.5. The number of phenols is 1. The van der Waals surface area contributed by atoms with E-state index in [0.717, 1.165) is 26.2 Å². The summed E-state index contributed by atoms with van der Waals surface area (Å²) in [5.41, 5.74) is 1.20. The fourth-order valence-corrected chi connectivity index (χ4v) is 2.59. The lowest BCUT2D eigenvalue weighted by Crippen LogP contribution is -2.47. The van der Waals surface area contributed by atoms with Crippen LogP contribution in [0, 0.1) is 0 Å². The molecule has 1 aromatic carbocycles. The number of aliphatic carboxylic acids is 1. The van der Waals surface area contributed by atoms with Gasteiger partial charge in [-0.15, -0.1) is 0 Å². The summed E-state index contributed by atoms with van der Waals surface area (Å²) in [5.74, 6) is -0.440. The van der Waals surface area contributed by atoms with E-state index in [1.807, 2.05) is 12.1 Å². The standard InChI is InChI=1S/C15H22N2O3/c1-12(13-2-4-14(18)5-3-13)17-10-8-16(9-11-17)7-6-15(19)20/h2-5,12,18H,6-11H2,1H3,(H,19,20). The summed E-state index contributed by atoms with van der Waals surface area (Å²) in [6.45, 7) is 6.52. The molecule has 0 amide bonds. The number of carbonyl (C=O) groups is 1. The third-order valence-electron chi connectivity index (χ3n) is 3.97. The molecule has 2 N–H and O–H groups in total. The number of hydrogen-bond donors (Lipinski definition) is 2. The lowest BCUT2D eigenvalue weighted by atomic mass is 10.1. The van der Waals surface area contributed by atoms with Gasteiger partial charge in [0.2, 0.25) is 0 Å². The highest BCUT2D eigenvalue weighted by atomic mass is 16.4. The normalized spacial score (nSPS) is 18.9. The Morgan fingerprint density at radius 3 is 2.35 bits per heavy atom. The van der Waals surface area contributed by atoms with Gasteiger partial charge < -0.3 is 15.1 Å². The minimum Gasteiger partial charge on any atom is -0.508 e. The fourth-order valence-electron chi connectivity index (χ4n) is 2.59. The summed E-state index contributed by atoms with van der Waals surface area (Å²) < 4.78 is 0. The largest absolute Gasteiger partial charge is 0.508 e. The predicted molar refractivity (Wildman–Crippen MR) is 76.8 cm³/mol. The molecule has 1 aromatic rings. The lowest BCUT2D eigenvalue weighted by molar-refractivity contribution is -0.137. The Labute approximate surface area is 119 Å². The molecule has 0 spiro atoms. The van der Waals surface area contributed by atoms with Crippen LogP contribution in [0.5, 0.6) is 5.75 Å². The van der Waals surface area contributed by atoms with Gasteiger partial charge in [-0.05, 0) is 24.6 Å². The lowest BCUT2D eigenvalue weighted by Gasteiger charge is -2.38. The number of piperazine rings is 1. The van der Waals surface area contributed by atoms with Gasteiger partial charge in [-0.3, -0.25) is 9.69 Å². The van der Waals surface area contributed by atoms with Crippen molar-refractivity contribution in [2.24, 2.45) is 0 Å². The van der Waals surface area contributed by atoms with Gasteiger partial charge in [-0.25, -0.2) is 0 Å². The van der Waals surface area contributed by atoms with Crippen LogP contribution in [0.3, 0.4) is 0 Å². The van der Waals surface area contributed by atoms with Crippen LogP contribution in [-0.4, -0.2) is 58.7 Å².